The molecule has 0 fully saturated rings. The van der Waals surface area contributed by atoms with Gasteiger partial charge in [-0.25, -0.2) is 0 Å². The standard InChI is InChI=1S/C14H16N4O2/c1-3-16-14(19)11-5-7-13(18-17-11)20-12-6-4-9(2)8-10(12)15/h4-8H,3,15H2,1-2H3,(H,16,19). The van der Waals surface area contributed by atoms with E-state index < -0.39 is 0 Å². The molecule has 0 spiro atoms. The molecule has 0 radical (unpaired) electrons. The summed E-state index contributed by atoms with van der Waals surface area (Å²) in [6.45, 7) is 4.32. The molecule has 2 aromatic rings. The zero-order chi connectivity index (χ0) is 14.5. The van der Waals surface area contributed by atoms with Crippen LogP contribution in [0, 0.1) is 6.92 Å². The first-order valence-electron chi connectivity index (χ1n) is 6.26. The van der Waals surface area contributed by atoms with Crippen LogP contribution in [0.15, 0.2) is 30.3 Å². The Morgan fingerprint density at radius 3 is 2.70 bits per heavy atom. The number of hydrogen-bond donors (Lipinski definition) is 2. The summed E-state index contributed by atoms with van der Waals surface area (Å²) in [6.07, 6.45) is 0. The second kappa shape index (κ2) is 6.01. The minimum absolute atomic E-state index is 0.246. The Hall–Kier alpha value is -2.63. The molecule has 2 rings (SSSR count). The lowest BCUT2D eigenvalue weighted by atomic mass is 10.2. The molecule has 6 heteroatoms. The number of nitrogens with one attached hydrogen (secondary N) is 1. The van der Waals surface area contributed by atoms with E-state index >= 15 is 0 Å². The van der Waals surface area contributed by atoms with Gasteiger partial charge in [0, 0.05) is 12.6 Å². The molecule has 0 saturated heterocycles. The van der Waals surface area contributed by atoms with Crippen LogP contribution in [0.25, 0.3) is 0 Å². The van der Waals surface area contributed by atoms with Gasteiger partial charge in [-0.2, -0.15) is 0 Å². The summed E-state index contributed by atoms with van der Waals surface area (Å²) in [7, 11) is 0. The van der Waals surface area contributed by atoms with Crippen LogP contribution in [-0.2, 0) is 0 Å². The van der Waals surface area contributed by atoms with E-state index in [2.05, 4.69) is 15.5 Å². The number of hydrogen-bond acceptors (Lipinski definition) is 5. The molecule has 0 aliphatic heterocycles. The number of amides is 1. The molecule has 1 aromatic carbocycles. The van der Waals surface area contributed by atoms with Crippen molar-refractivity contribution in [3.05, 3.63) is 41.6 Å². The number of aryl methyl sites for hydroxylation is 1. The van der Waals surface area contributed by atoms with E-state index in [0.717, 1.165) is 5.56 Å². The molecule has 6 nitrogen and oxygen atoms in total. The third-order valence-electron chi connectivity index (χ3n) is 2.59. The third kappa shape index (κ3) is 3.23. The molecule has 0 bridgehead atoms. The molecule has 1 amide bonds. The van der Waals surface area contributed by atoms with Gasteiger partial charge >= 0.3 is 0 Å². The number of carbonyl (C=O) groups is 1. The highest BCUT2D eigenvalue weighted by molar-refractivity contribution is 5.91. The summed E-state index contributed by atoms with van der Waals surface area (Å²) < 4.78 is 5.53. The number of nitrogen functional groups attached to an aromatic ring is 1. The van der Waals surface area contributed by atoms with Crippen molar-refractivity contribution in [3.8, 4) is 11.6 Å². The lowest BCUT2D eigenvalue weighted by Crippen LogP contribution is -2.23. The van der Waals surface area contributed by atoms with E-state index in [-0.39, 0.29) is 17.5 Å². The van der Waals surface area contributed by atoms with E-state index in [1.54, 1.807) is 18.2 Å². The first-order valence-corrected chi connectivity index (χ1v) is 6.26. The van der Waals surface area contributed by atoms with Crippen molar-refractivity contribution in [2.75, 3.05) is 12.3 Å². The number of rotatable bonds is 4. The summed E-state index contributed by atoms with van der Waals surface area (Å²) in [5.74, 6) is 0.533. The first kappa shape index (κ1) is 13.8. The molecule has 0 unspecified atom stereocenters. The van der Waals surface area contributed by atoms with Crippen molar-refractivity contribution >= 4 is 11.6 Å². The molecule has 0 atom stereocenters. The van der Waals surface area contributed by atoms with Gasteiger partial charge in [-0.15, -0.1) is 10.2 Å². The largest absolute Gasteiger partial charge is 0.435 e. The summed E-state index contributed by atoms with van der Waals surface area (Å²) in [6, 6.07) is 8.60. The van der Waals surface area contributed by atoms with Crippen molar-refractivity contribution < 1.29 is 9.53 Å². The lowest BCUT2D eigenvalue weighted by molar-refractivity contribution is 0.0949. The zero-order valence-corrected chi connectivity index (χ0v) is 11.4. The zero-order valence-electron chi connectivity index (χ0n) is 11.4. The molecule has 0 aliphatic rings. The summed E-state index contributed by atoms with van der Waals surface area (Å²) in [5.41, 5.74) is 7.67. The smallest absolute Gasteiger partial charge is 0.271 e. The average molecular weight is 272 g/mol. The Morgan fingerprint density at radius 2 is 2.10 bits per heavy atom. The molecular formula is C14H16N4O2. The molecular weight excluding hydrogens is 256 g/mol. The van der Waals surface area contributed by atoms with Crippen LogP contribution in [0.1, 0.15) is 23.0 Å². The van der Waals surface area contributed by atoms with Crippen LogP contribution in [0.3, 0.4) is 0 Å². The van der Waals surface area contributed by atoms with Gasteiger partial charge in [0.05, 0.1) is 5.69 Å². The van der Waals surface area contributed by atoms with Gasteiger partial charge in [-0.3, -0.25) is 4.79 Å². The average Bonchev–Trinajstić information content (AvgIpc) is 2.43. The highest BCUT2D eigenvalue weighted by Crippen LogP contribution is 2.26. The topological polar surface area (TPSA) is 90.1 Å². The van der Waals surface area contributed by atoms with Gasteiger partial charge in [0.25, 0.3) is 5.91 Å². The van der Waals surface area contributed by atoms with Gasteiger partial charge < -0.3 is 15.8 Å². The van der Waals surface area contributed by atoms with Gasteiger partial charge in [0.15, 0.2) is 11.4 Å². The molecule has 0 aliphatic carbocycles. The normalized spacial score (nSPS) is 10.1. The molecule has 1 aromatic heterocycles. The molecule has 0 saturated carbocycles. The van der Waals surface area contributed by atoms with Crippen LogP contribution in [-0.4, -0.2) is 22.6 Å². The maximum absolute atomic E-state index is 11.5. The van der Waals surface area contributed by atoms with Gasteiger partial charge in [0.2, 0.25) is 5.88 Å². The van der Waals surface area contributed by atoms with Gasteiger partial charge in [-0.05, 0) is 37.6 Å². The first-order chi connectivity index (χ1) is 9.60. The number of ether oxygens (including phenoxy) is 1. The third-order valence-corrected chi connectivity index (χ3v) is 2.59. The number of nitrogens with two attached hydrogens (primary N) is 1. The van der Waals surface area contributed by atoms with Crippen molar-refractivity contribution in [2.45, 2.75) is 13.8 Å². The fourth-order valence-corrected chi connectivity index (χ4v) is 1.62. The Kier molecular flexibility index (Phi) is 4.14. The molecule has 1 heterocycles. The predicted molar refractivity (Wildman–Crippen MR) is 75.7 cm³/mol. The summed E-state index contributed by atoms with van der Waals surface area (Å²) >= 11 is 0. The highest BCUT2D eigenvalue weighted by atomic mass is 16.5. The number of nitrogens with zero attached hydrogens (tertiary/aromatic N) is 2. The van der Waals surface area contributed by atoms with Crippen molar-refractivity contribution in [1.82, 2.24) is 15.5 Å². The molecule has 104 valence electrons. The van der Waals surface area contributed by atoms with E-state index in [9.17, 15) is 4.79 Å². The predicted octanol–water partition coefficient (Wildman–Crippen LogP) is 1.91. The molecule has 3 N–H and O–H groups in total. The van der Waals surface area contributed by atoms with E-state index in [1.807, 2.05) is 26.0 Å². The maximum Gasteiger partial charge on any atom is 0.271 e. The SMILES string of the molecule is CCNC(=O)c1ccc(Oc2ccc(C)cc2N)nn1. The Balaban J connectivity index is 2.12. The van der Waals surface area contributed by atoms with Crippen LogP contribution >= 0.6 is 0 Å². The van der Waals surface area contributed by atoms with E-state index in [4.69, 9.17) is 10.5 Å². The number of anilines is 1. The van der Waals surface area contributed by atoms with Crippen LogP contribution in [0.2, 0.25) is 0 Å². The monoisotopic (exact) mass is 272 g/mol. The number of benzene rings is 1. The molecule has 20 heavy (non-hydrogen) atoms. The van der Waals surface area contributed by atoms with Crippen molar-refractivity contribution in [3.63, 3.8) is 0 Å². The van der Waals surface area contributed by atoms with E-state index in [1.165, 1.54) is 0 Å². The van der Waals surface area contributed by atoms with Gasteiger partial charge in [-0.1, -0.05) is 6.07 Å². The lowest BCUT2D eigenvalue weighted by Gasteiger charge is -2.08. The second-order valence-corrected chi connectivity index (χ2v) is 4.26. The fraction of sp³-hybridized carbons (Fsp3) is 0.214. The van der Waals surface area contributed by atoms with Gasteiger partial charge in [0.1, 0.15) is 0 Å². The van der Waals surface area contributed by atoms with Crippen LogP contribution in [0.5, 0.6) is 11.6 Å². The minimum atomic E-state index is -0.263. The Labute approximate surface area is 117 Å². The summed E-state index contributed by atoms with van der Waals surface area (Å²) in [4.78, 5) is 11.5. The summed E-state index contributed by atoms with van der Waals surface area (Å²) in [5, 5.41) is 10.3. The Bertz CT molecular complexity index is 611. The highest BCUT2D eigenvalue weighted by Gasteiger charge is 2.08. The quantitative estimate of drug-likeness (QED) is 0.830. The van der Waals surface area contributed by atoms with E-state index in [0.29, 0.717) is 18.0 Å². The second-order valence-electron chi connectivity index (χ2n) is 4.26. The number of aromatic nitrogens is 2. The van der Waals surface area contributed by atoms with Crippen LogP contribution < -0.4 is 15.8 Å². The van der Waals surface area contributed by atoms with Crippen LogP contribution in [0.4, 0.5) is 5.69 Å². The van der Waals surface area contributed by atoms with Crippen molar-refractivity contribution in [2.24, 2.45) is 0 Å². The number of carbonyl (C=O) groups excluding carboxylic acids is 1. The minimum Gasteiger partial charge on any atom is -0.435 e. The Morgan fingerprint density at radius 1 is 1.30 bits per heavy atom. The fourth-order valence-electron chi connectivity index (χ4n) is 1.62. The maximum atomic E-state index is 11.5. The van der Waals surface area contributed by atoms with Crippen molar-refractivity contribution in [1.29, 1.82) is 0 Å².